The standard InChI is InChI=1S/C16H28N4O2/c1-12-4-6-15(7-5-12)20-10-14(19-11-20)9-13(3-2-8-17)16(21)22-18/h10-13,15H,2-9,17-18H2,1H3/t12?,13-,15?/m1/s1. The van der Waals surface area contributed by atoms with Gasteiger partial charge in [0.05, 0.1) is 17.9 Å². The van der Waals surface area contributed by atoms with Crippen LogP contribution in [0, 0.1) is 11.8 Å². The lowest BCUT2D eigenvalue weighted by Gasteiger charge is -2.26. The Morgan fingerprint density at radius 2 is 2.18 bits per heavy atom. The van der Waals surface area contributed by atoms with E-state index in [1.807, 2.05) is 6.33 Å². The zero-order valence-electron chi connectivity index (χ0n) is 13.4. The van der Waals surface area contributed by atoms with Gasteiger partial charge in [0.2, 0.25) is 0 Å². The number of carbonyl (C=O) groups is 1. The van der Waals surface area contributed by atoms with E-state index in [0.29, 0.717) is 25.4 Å². The Morgan fingerprint density at radius 1 is 1.45 bits per heavy atom. The molecule has 0 unspecified atom stereocenters. The fraction of sp³-hybridized carbons (Fsp3) is 0.750. The molecule has 1 saturated carbocycles. The van der Waals surface area contributed by atoms with E-state index in [9.17, 15) is 4.79 Å². The molecule has 0 radical (unpaired) electrons. The Bertz CT molecular complexity index is 466. The molecule has 0 amide bonds. The summed E-state index contributed by atoms with van der Waals surface area (Å²) in [4.78, 5) is 20.6. The van der Waals surface area contributed by atoms with E-state index in [4.69, 9.17) is 11.6 Å². The van der Waals surface area contributed by atoms with Crippen LogP contribution in [0.2, 0.25) is 0 Å². The number of hydrogen-bond donors (Lipinski definition) is 2. The number of aromatic nitrogens is 2. The van der Waals surface area contributed by atoms with Crippen molar-refractivity contribution in [2.75, 3.05) is 6.54 Å². The van der Waals surface area contributed by atoms with Gasteiger partial charge in [0.25, 0.3) is 0 Å². The van der Waals surface area contributed by atoms with Gasteiger partial charge in [-0.25, -0.2) is 4.98 Å². The van der Waals surface area contributed by atoms with Gasteiger partial charge in [0.15, 0.2) is 0 Å². The molecule has 0 spiro atoms. The summed E-state index contributed by atoms with van der Waals surface area (Å²) in [5, 5.41) is 0. The lowest BCUT2D eigenvalue weighted by Crippen LogP contribution is -2.24. The number of rotatable bonds is 7. The van der Waals surface area contributed by atoms with Crippen LogP contribution in [0.1, 0.15) is 57.2 Å². The van der Waals surface area contributed by atoms with Crippen LogP contribution in [0.4, 0.5) is 0 Å². The van der Waals surface area contributed by atoms with Crippen LogP contribution >= 0.6 is 0 Å². The van der Waals surface area contributed by atoms with Crippen molar-refractivity contribution in [3.8, 4) is 0 Å². The first-order valence-electron chi connectivity index (χ1n) is 8.27. The molecule has 22 heavy (non-hydrogen) atoms. The molecule has 124 valence electrons. The predicted octanol–water partition coefficient (Wildman–Crippen LogP) is 1.95. The molecule has 0 aliphatic heterocycles. The maximum absolute atomic E-state index is 11.7. The lowest BCUT2D eigenvalue weighted by molar-refractivity contribution is -0.149. The topological polar surface area (TPSA) is 96.2 Å². The molecule has 6 nitrogen and oxygen atoms in total. The third kappa shape index (κ3) is 4.55. The van der Waals surface area contributed by atoms with Gasteiger partial charge >= 0.3 is 5.97 Å². The van der Waals surface area contributed by atoms with E-state index in [1.165, 1.54) is 25.7 Å². The second-order valence-corrected chi connectivity index (χ2v) is 6.49. The molecular formula is C16H28N4O2. The molecule has 1 aromatic rings. The third-order valence-corrected chi connectivity index (χ3v) is 4.72. The first-order valence-corrected chi connectivity index (χ1v) is 8.27. The number of nitrogens with two attached hydrogens (primary N) is 2. The SMILES string of the molecule is CC1CCC(n2cnc(C[C@@H](CCCN)C(=O)ON)c2)CC1. The zero-order valence-corrected chi connectivity index (χ0v) is 13.4. The second-order valence-electron chi connectivity index (χ2n) is 6.49. The van der Waals surface area contributed by atoms with Gasteiger partial charge in [-0.05, 0) is 51.0 Å². The third-order valence-electron chi connectivity index (χ3n) is 4.72. The van der Waals surface area contributed by atoms with Crippen LogP contribution in [0.25, 0.3) is 0 Å². The zero-order chi connectivity index (χ0) is 15.9. The highest BCUT2D eigenvalue weighted by Crippen LogP contribution is 2.31. The first kappa shape index (κ1) is 17.0. The van der Waals surface area contributed by atoms with Crippen LogP contribution in [0.3, 0.4) is 0 Å². The quantitative estimate of drug-likeness (QED) is 0.750. The predicted molar refractivity (Wildman–Crippen MR) is 84.7 cm³/mol. The van der Waals surface area contributed by atoms with Crippen molar-refractivity contribution in [3.05, 3.63) is 18.2 Å². The largest absolute Gasteiger partial charge is 0.373 e. The minimum Gasteiger partial charge on any atom is -0.373 e. The van der Waals surface area contributed by atoms with Gasteiger partial charge in [-0.2, -0.15) is 5.90 Å². The number of nitrogens with zero attached hydrogens (tertiary/aromatic N) is 2. The fourth-order valence-electron chi connectivity index (χ4n) is 3.24. The van der Waals surface area contributed by atoms with E-state index in [0.717, 1.165) is 18.0 Å². The summed E-state index contributed by atoms with van der Waals surface area (Å²) >= 11 is 0. The smallest absolute Gasteiger partial charge is 0.327 e. The second kappa shape index (κ2) is 8.29. The van der Waals surface area contributed by atoms with Crippen LogP contribution in [-0.4, -0.2) is 22.1 Å². The molecule has 1 heterocycles. The van der Waals surface area contributed by atoms with Crippen LogP contribution in [-0.2, 0) is 16.1 Å². The van der Waals surface area contributed by atoms with Crippen LogP contribution in [0.15, 0.2) is 12.5 Å². The van der Waals surface area contributed by atoms with Gasteiger partial charge in [0, 0.05) is 18.7 Å². The average Bonchev–Trinajstić information content (AvgIpc) is 3.00. The Balaban J connectivity index is 1.95. The average molecular weight is 308 g/mol. The highest BCUT2D eigenvalue weighted by atomic mass is 16.7. The lowest BCUT2D eigenvalue weighted by atomic mass is 9.87. The summed E-state index contributed by atoms with van der Waals surface area (Å²) in [6, 6.07) is 0.543. The molecule has 1 aliphatic carbocycles. The van der Waals surface area contributed by atoms with Gasteiger partial charge in [-0.1, -0.05) is 6.92 Å². The summed E-state index contributed by atoms with van der Waals surface area (Å²) in [5.41, 5.74) is 6.44. The number of carbonyl (C=O) groups excluding carboxylic acids is 1. The van der Waals surface area contributed by atoms with Gasteiger partial charge in [-0.3, -0.25) is 4.79 Å². The van der Waals surface area contributed by atoms with Gasteiger partial charge in [-0.15, -0.1) is 0 Å². The monoisotopic (exact) mass is 308 g/mol. The van der Waals surface area contributed by atoms with Crippen LogP contribution in [0.5, 0.6) is 0 Å². The van der Waals surface area contributed by atoms with Gasteiger partial charge in [0.1, 0.15) is 0 Å². The molecule has 1 aliphatic rings. The Hall–Kier alpha value is -1.40. The molecule has 6 heteroatoms. The minimum absolute atomic E-state index is 0.261. The fourth-order valence-corrected chi connectivity index (χ4v) is 3.24. The molecule has 0 saturated heterocycles. The number of hydrogen-bond acceptors (Lipinski definition) is 5. The first-order chi connectivity index (χ1) is 10.6. The van der Waals surface area contributed by atoms with E-state index >= 15 is 0 Å². The molecule has 0 aromatic carbocycles. The summed E-state index contributed by atoms with van der Waals surface area (Å²) in [7, 11) is 0. The summed E-state index contributed by atoms with van der Waals surface area (Å²) < 4.78 is 2.20. The Labute approximate surface area is 132 Å². The molecule has 4 N–H and O–H groups in total. The highest BCUT2D eigenvalue weighted by Gasteiger charge is 2.23. The molecular weight excluding hydrogens is 280 g/mol. The van der Waals surface area contributed by atoms with Gasteiger partial charge < -0.3 is 15.1 Å². The molecule has 1 aromatic heterocycles. The van der Waals surface area contributed by atoms with E-state index < -0.39 is 0 Å². The summed E-state index contributed by atoms with van der Waals surface area (Å²) in [5.74, 6) is 5.22. The van der Waals surface area contributed by atoms with Crippen molar-refractivity contribution in [2.45, 2.75) is 57.9 Å². The minimum atomic E-state index is -0.380. The molecule has 1 fully saturated rings. The normalized spacial score (nSPS) is 23.2. The highest BCUT2D eigenvalue weighted by molar-refractivity contribution is 5.72. The van der Waals surface area contributed by atoms with Crippen molar-refractivity contribution >= 4 is 5.97 Å². The molecule has 2 rings (SSSR count). The molecule has 1 atom stereocenters. The van der Waals surface area contributed by atoms with Crippen molar-refractivity contribution in [3.63, 3.8) is 0 Å². The van der Waals surface area contributed by atoms with Crippen molar-refractivity contribution in [1.29, 1.82) is 0 Å². The maximum atomic E-state index is 11.7. The molecule has 0 bridgehead atoms. The maximum Gasteiger partial charge on any atom is 0.327 e. The van der Waals surface area contributed by atoms with Crippen molar-refractivity contribution in [2.24, 2.45) is 23.5 Å². The van der Waals surface area contributed by atoms with E-state index in [-0.39, 0.29) is 11.9 Å². The Morgan fingerprint density at radius 3 is 2.82 bits per heavy atom. The van der Waals surface area contributed by atoms with Crippen molar-refractivity contribution in [1.82, 2.24) is 9.55 Å². The van der Waals surface area contributed by atoms with E-state index in [2.05, 4.69) is 27.5 Å². The summed E-state index contributed by atoms with van der Waals surface area (Å²) in [6.45, 7) is 2.87. The van der Waals surface area contributed by atoms with Crippen LogP contribution < -0.4 is 11.6 Å². The summed E-state index contributed by atoms with van der Waals surface area (Å²) in [6.07, 6.45) is 10.9. The van der Waals surface area contributed by atoms with E-state index in [1.54, 1.807) is 0 Å². The van der Waals surface area contributed by atoms with Crippen molar-refractivity contribution < 1.29 is 9.63 Å². The number of imidazole rings is 1. The Kier molecular flexibility index (Phi) is 6.39.